The van der Waals surface area contributed by atoms with Crippen molar-refractivity contribution in [2.75, 3.05) is 5.75 Å². The number of benzene rings is 2. The first kappa shape index (κ1) is 25.5. The molecule has 2 rings (SSSR count). The van der Waals surface area contributed by atoms with Gasteiger partial charge in [-0.3, -0.25) is 9.59 Å². The van der Waals surface area contributed by atoms with E-state index in [-0.39, 0.29) is 36.0 Å². The van der Waals surface area contributed by atoms with E-state index in [0.29, 0.717) is 22.2 Å². The van der Waals surface area contributed by atoms with Gasteiger partial charge in [-0.25, -0.2) is 4.39 Å². The Kier molecular flexibility index (Phi) is 10.1. The Balaban J connectivity index is 2.15. The summed E-state index contributed by atoms with van der Waals surface area (Å²) < 4.78 is 13.1. The Labute approximate surface area is 197 Å². The zero-order valence-corrected chi connectivity index (χ0v) is 20.2. The zero-order chi connectivity index (χ0) is 23.0. The maximum absolute atomic E-state index is 13.1. The smallest absolute Gasteiger partial charge is 0.243 e. The quantitative estimate of drug-likeness (QED) is 0.470. The zero-order valence-electron chi connectivity index (χ0n) is 17.8. The summed E-state index contributed by atoms with van der Waals surface area (Å²) in [5, 5.41) is 3.73. The maximum Gasteiger partial charge on any atom is 0.243 e. The molecule has 0 unspecified atom stereocenters. The molecule has 0 aliphatic rings. The largest absolute Gasteiger partial charge is 0.352 e. The van der Waals surface area contributed by atoms with Crippen LogP contribution < -0.4 is 5.32 Å². The average Bonchev–Trinajstić information content (AvgIpc) is 2.71. The van der Waals surface area contributed by atoms with Gasteiger partial charge in [0.05, 0.1) is 15.8 Å². The molecule has 0 spiro atoms. The van der Waals surface area contributed by atoms with Crippen LogP contribution in [0.15, 0.2) is 42.5 Å². The number of amides is 2. The minimum atomic E-state index is -0.601. The van der Waals surface area contributed by atoms with Gasteiger partial charge in [-0.2, -0.15) is 0 Å². The number of thioether (sulfide) groups is 1. The normalized spacial score (nSPS) is 12.0. The first-order chi connectivity index (χ1) is 14.7. The number of hydrogen-bond donors (Lipinski definition) is 1. The van der Waals surface area contributed by atoms with E-state index in [1.165, 1.54) is 23.9 Å². The highest BCUT2D eigenvalue weighted by Crippen LogP contribution is 2.24. The lowest BCUT2D eigenvalue weighted by molar-refractivity contribution is -0.139. The van der Waals surface area contributed by atoms with Crippen molar-refractivity contribution < 1.29 is 14.0 Å². The van der Waals surface area contributed by atoms with Crippen LogP contribution >= 0.6 is 35.0 Å². The predicted octanol–water partition coefficient (Wildman–Crippen LogP) is 5.70. The predicted molar refractivity (Wildman–Crippen MR) is 127 cm³/mol. The van der Waals surface area contributed by atoms with Gasteiger partial charge in [0.15, 0.2) is 0 Å². The van der Waals surface area contributed by atoms with Crippen molar-refractivity contribution in [3.05, 3.63) is 69.5 Å². The highest BCUT2D eigenvalue weighted by atomic mass is 35.5. The number of rotatable bonds is 10. The van der Waals surface area contributed by atoms with Crippen LogP contribution in [-0.4, -0.2) is 34.6 Å². The van der Waals surface area contributed by atoms with E-state index in [4.69, 9.17) is 23.2 Å². The summed E-state index contributed by atoms with van der Waals surface area (Å²) in [4.78, 5) is 27.5. The van der Waals surface area contributed by atoms with Crippen molar-refractivity contribution in [2.45, 2.75) is 51.6 Å². The van der Waals surface area contributed by atoms with Gasteiger partial charge in [0, 0.05) is 18.3 Å². The van der Waals surface area contributed by atoms with Crippen LogP contribution in [0.2, 0.25) is 10.0 Å². The van der Waals surface area contributed by atoms with Crippen LogP contribution in [0, 0.1) is 5.82 Å². The SMILES string of the molecule is CC[C@@H](C(=O)NC(C)C)N(Cc1ccc(Cl)c(Cl)c1)C(=O)CSCc1ccc(F)cc1. The number of hydrogen-bond acceptors (Lipinski definition) is 3. The molecule has 0 aliphatic heterocycles. The number of nitrogens with one attached hydrogen (secondary N) is 1. The van der Waals surface area contributed by atoms with Crippen molar-refractivity contribution >= 4 is 46.8 Å². The maximum atomic E-state index is 13.1. The van der Waals surface area contributed by atoms with Gasteiger partial charge in [0.1, 0.15) is 11.9 Å². The van der Waals surface area contributed by atoms with E-state index < -0.39 is 6.04 Å². The van der Waals surface area contributed by atoms with E-state index in [1.807, 2.05) is 20.8 Å². The Morgan fingerprint density at radius 2 is 1.71 bits per heavy atom. The molecule has 4 nitrogen and oxygen atoms in total. The van der Waals surface area contributed by atoms with Gasteiger partial charge in [-0.05, 0) is 55.7 Å². The molecule has 0 fully saturated rings. The third-order valence-corrected chi connectivity index (χ3v) is 6.29. The van der Waals surface area contributed by atoms with Crippen molar-refractivity contribution in [3.8, 4) is 0 Å². The minimum absolute atomic E-state index is 0.0312. The monoisotopic (exact) mass is 484 g/mol. The van der Waals surface area contributed by atoms with E-state index in [1.54, 1.807) is 35.2 Å². The topological polar surface area (TPSA) is 49.4 Å². The molecule has 2 aromatic rings. The van der Waals surface area contributed by atoms with Crippen LogP contribution in [-0.2, 0) is 21.9 Å². The highest BCUT2D eigenvalue weighted by molar-refractivity contribution is 7.99. The Morgan fingerprint density at radius 3 is 2.29 bits per heavy atom. The second-order valence-electron chi connectivity index (χ2n) is 7.48. The molecule has 0 aliphatic carbocycles. The lowest BCUT2D eigenvalue weighted by Crippen LogP contribution is -2.50. The molecule has 0 aromatic heterocycles. The van der Waals surface area contributed by atoms with Crippen LogP contribution in [0.25, 0.3) is 0 Å². The van der Waals surface area contributed by atoms with E-state index in [0.717, 1.165) is 11.1 Å². The summed E-state index contributed by atoms with van der Waals surface area (Å²) in [6.45, 7) is 5.89. The Bertz CT molecular complexity index is 894. The van der Waals surface area contributed by atoms with Crippen molar-refractivity contribution in [1.82, 2.24) is 10.2 Å². The van der Waals surface area contributed by atoms with Crippen LogP contribution in [0.1, 0.15) is 38.3 Å². The fourth-order valence-corrected chi connectivity index (χ4v) is 4.25. The summed E-state index contributed by atoms with van der Waals surface area (Å²) in [7, 11) is 0. The second-order valence-corrected chi connectivity index (χ2v) is 9.28. The summed E-state index contributed by atoms with van der Waals surface area (Å²) >= 11 is 13.6. The lowest BCUT2D eigenvalue weighted by atomic mass is 10.1. The molecule has 2 aromatic carbocycles. The molecule has 1 atom stereocenters. The van der Waals surface area contributed by atoms with Crippen molar-refractivity contribution in [3.63, 3.8) is 0 Å². The Hall–Kier alpha value is -1.76. The van der Waals surface area contributed by atoms with Crippen molar-refractivity contribution in [2.24, 2.45) is 0 Å². The number of nitrogens with zero attached hydrogens (tertiary/aromatic N) is 1. The molecular weight excluding hydrogens is 458 g/mol. The van der Waals surface area contributed by atoms with Gasteiger partial charge in [0.25, 0.3) is 0 Å². The first-order valence-corrected chi connectivity index (χ1v) is 12.0. The third kappa shape index (κ3) is 8.02. The average molecular weight is 485 g/mol. The first-order valence-electron chi connectivity index (χ1n) is 10.1. The third-order valence-electron chi connectivity index (χ3n) is 4.56. The molecular formula is C23H27Cl2FN2O2S. The molecule has 31 heavy (non-hydrogen) atoms. The Morgan fingerprint density at radius 1 is 1.06 bits per heavy atom. The summed E-state index contributed by atoms with van der Waals surface area (Å²) in [5.74, 6) is 0.143. The minimum Gasteiger partial charge on any atom is -0.352 e. The van der Waals surface area contributed by atoms with Crippen LogP contribution in [0.3, 0.4) is 0 Å². The lowest BCUT2D eigenvalue weighted by Gasteiger charge is -2.31. The highest BCUT2D eigenvalue weighted by Gasteiger charge is 2.29. The van der Waals surface area contributed by atoms with Crippen LogP contribution in [0.5, 0.6) is 0 Å². The van der Waals surface area contributed by atoms with E-state index in [9.17, 15) is 14.0 Å². The van der Waals surface area contributed by atoms with Crippen LogP contribution in [0.4, 0.5) is 4.39 Å². The molecule has 0 radical (unpaired) electrons. The number of halogens is 3. The summed E-state index contributed by atoms with van der Waals surface area (Å²) in [6.07, 6.45) is 0.480. The molecule has 0 bridgehead atoms. The molecule has 0 saturated carbocycles. The van der Waals surface area contributed by atoms with E-state index in [2.05, 4.69) is 5.32 Å². The summed E-state index contributed by atoms with van der Waals surface area (Å²) in [6, 6.07) is 10.8. The standard InChI is InChI=1S/C23H27Cl2FN2O2S/c1-4-21(23(30)27-15(2)3)28(12-17-7-10-19(24)20(25)11-17)22(29)14-31-13-16-5-8-18(26)9-6-16/h5-11,15,21H,4,12-14H2,1-3H3,(H,27,30)/t21-/m0/s1. The second kappa shape index (κ2) is 12.3. The number of carbonyl (C=O) groups excluding carboxylic acids is 2. The molecule has 0 saturated heterocycles. The van der Waals surface area contributed by atoms with Gasteiger partial charge >= 0.3 is 0 Å². The molecule has 0 heterocycles. The number of carbonyl (C=O) groups is 2. The fraction of sp³-hybridized carbons (Fsp3) is 0.391. The van der Waals surface area contributed by atoms with E-state index >= 15 is 0 Å². The summed E-state index contributed by atoms with van der Waals surface area (Å²) in [5.41, 5.74) is 1.72. The van der Waals surface area contributed by atoms with Gasteiger partial charge in [0.2, 0.25) is 11.8 Å². The van der Waals surface area contributed by atoms with Gasteiger partial charge in [-0.15, -0.1) is 11.8 Å². The molecule has 2 amide bonds. The fourth-order valence-electron chi connectivity index (χ4n) is 3.05. The molecule has 168 valence electrons. The van der Waals surface area contributed by atoms with Gasteiger partial charge < -0.3 is 10.2 Å². The molecule has 1 N–H and O–H groups in total. The van der Waals surface area contributed by atoms with Gasteiger partial charge in [-0.1, -0.05) is 48.3 Å². The molecule has 8 heteroatoms. The van der Waals surface area contributed by atoms with Crippen molar-refractivity contribution in [1.29, 1.82) is 0 Å².